The Labute approximate surface area is 89.2 Å². The van der Waals surface area contributed by atoms with Crippen molar-refractivity contribution in [3.05, 3.63) is 34.7 Å². The molecule has 0 saturated heterocycles. The second kappa shape index (κ2) is 3.89. The van der Waals surface area contributed by atoms with E-state index in [9.17, 15) is 0 Å². The zero-order valence-corrected chi connectivity index (χ0v) is 8.82. The fourth-order valence-corrected chi connectivity index (χ4v) is 1.56. The Morgan fingerprint density at radius 2 is 2.29 bits per heavy atom. The van der Waals surface area contributed by atoms with Crippen LogP contribution in [0.2, 0.25) is 0 Å². The molecule has 72 valence electrons. The van der Waals surface area contributed by atoms with Gasteiger partial charge in [-0.1, -0.05) is 0 Å². The van der Waals surface area contributed by atoms with Gasteiger partial charge in [0.15, 0.2) is 5.82 Å². The highest BCUT2D eigenvalue weighted by Gasteiger charge is 2.07. The molecule has 0 aliphatic rings. The van der Waals surface area contributed by atoms with Crippen molar-refractivity contribution >= 4 is 15.9 Å². The summed E-state index contributed by atoms with van der Waals surface area (Å²) in [5, 5.41) is 8.86. The number of nitrogens with one attached hydrogen (secondary N) is 1. The van der Waals surface area contributed by atoms with Gasteiger partial charge in [0.25, 0.3) is 0 Å². The molecule has 2 heterocycles. The van der Waals surface area contributed by atoms with Gasteiger partial charge in [-0.3, -0.25) is 4.98 Å². The molecule has 0 atom stereocenters. The van der Waals surface area contributed by atoms with E-state index in [4.69, 9.17) is 5.11 Å². The summed E-state index contributed by atoms with van der Waals surface area (Å²) in [6, 6.07) is 3.73. The molecule has 0 aliphatic carbocycles. The molecule has 0 saturated carbocycles. The smallest absolute Gasteiger partial charge is 0.157 e. The maximum absolute atomic E-state index is 8.86. The molecule has 0 unspecified atom stereocenters. The number of hydrogen-bond acceptors (Lipinski definition) is 3. The van der Waals surface area contributed by atoms with Crippen molar-refractivity contribution in [3.63, 3.8) is 0 Å². The summed E-state index contributed by atoms with van der Waals surface area (Å²) >= 11 is 3.38. The normalized spacial score (nSPS) is 10.4. The highest BCUT2D eigenvalue weighted by Crippen LogP contribution is 2.22. The molecular formula is C9H8BrN3O. The van der Waals surface area contributed by atoms with Gasteiger partial charge in [0.05, 0.1) is 18.5 Å². The van der Waals surface area contributed by atoms with Crippen molar-refractivity contribution in [1.29, 1.82) is 0 Å². The highest BCUT2D eigenvalue weighted by atomic mass is 79.9. The molecular weight excluding hydrogens is 246 g/mol. The van der Waals surface area contributed by atoms with Crippen LogP contribution < -0.4 is 0 Å². The van der Waals surface area contributed by atoms with E-state index < -0.39 is 0 Å². The van der Waals surface area contributed by atoms with Crippen LogP contribution in [-0.2, 0) is 6.61 Å². The summed E-state index contributed by atoms with van der Waals surface area (Å²) in [6.07, 6.45) is 3.29. The first-order chi connectivity index (χ1) is 6.81. The van der Waals surface area contributed by atoms with Gasteiger partial charge in [-0.15, -0.1) is 0 Å². The summed E-state index contributed by atoms with van der Waals surface area (Å²) in [5.41, 5.74) is 1.42. The lowest BCUT2D eigenvalue weighted by Gasteiger charge is -1.97. The monoisotopic (exact) mass is 253 g/mol. The van der Waals surface area contributed by atoms with Gasteiger partial charge >= 0.3 is 0 Å². The first-order valence-electron chi connectivity index (χ1n) is 4.07. The molecule has 0 spiro atoms. The Bertz CT molecular complexity index is 441. The number of hydrogen-bond donors (Lipinski definition) is 2. The summed E-state index contributed by atoms with van der Waals surface area (Å²) in [7, 11) is 0. The quantitative estimate of drug-likeness (QED) is 0.857. The molecule has 0 bridgehead atoms. The van der Waals surface area contributed by atoms with Gasteiger partial charge in [0.2, 0.25) is 0 Å². The molecule has 2 N–H and O–H groups in total. The summed E-state index contributed by atoms with van der Waals surface area (Å²) in [6.45, 7) is -0.0442. The standard InChI is InChI=1S/C9H8BrN3O/c10-7-2-1-3-11-8(7)9-12-4-6(5-14)13-9/h1-4,14H,5H2,(H,12,13). The van der Waals surface area contributed by atoms with Gasteiger partial charge in [-0.05, 0) is 28.1 Å². The van der Waals surface area contributed by atoms with Gasteiger partial charge in [0, 0.05) is 10.7 Å². The molecule has 2 aromatic rings. The third kappa shape index (κ3) is 1.69. The Balaban J connectivity index is 2.44. The number of pyridine rings is 1. The number of H-pyrrole nitrogens is 1. The van der Waals surface area contributed by atoms with Crippen LogP contribution in [0.4, 0.5) is 0 Å². The fourth-order valence-electron chi connectivity index (χ4n) is 1.12. The lowest BCUT2D eigenvalue weighted by Crippen LogP contribution is -1.87. The summed E-state index contributed by atoms with van der Waals surface area (Å²) < 4.78 is 0.874. The SMILES string of the molecule is OCc1cnc(-c2ncccc2Br)[nH]1. The van der Waals surface area contributed by atoms with E-state index in [1.54, 1.807) is 12.4 Å². The van der Waals surface area contributed by atoms with Crippen LogP contribution >= 0.6 is 15.9 Å². The fraction of sp³-hybridized carbons (Fsp3) is 0.111. The molecule has 0 aliphatic heterocycles. The molecule has 0 radical (unpaired) electrons. The third-order valence-corrected chi connectivity index (χ3v) is 2.42. The van der Waals surface area contributed by atoms with Gasteiger partial charge in [-0.2, -0.15) is 0 Å². The maximum Gasteiger partial charge on any atom is 0.157 e. The topological polar surface area (TPSA) is 61.8 Å². The Hall–Kier alpha value is -1.20. The second-order valence-corrected chi connectivity index (χ2v) is 3.60. The van der Waals surface area contributed by atoms with E-state index in [-0.39, 0.29) is 6.61 Å². The molecule has 0 aromatic carbocycles. The summed E-state index contributed by atoms with van der Waals surface area (Å²) in [5.74, 6) is 0.654. The number of imidazole rings is 1. The number of aromatic amines is 1. The van der Waals surface area contributed by atoms with Crippen molar-refractivity contribution in [3.8, 4) is 11.5 Å². The van der Waals surface area contributed by atoms with Crippen LogP contribution in [0.5, 0.6) is 0 Å². The number of halogens is 1. The Kier molecular flexibility index (Phi) is 2.60. The van der Waals surface area contributed by atoms with Crippen LogP contribution in [0.1, 0.15) is 5.69 Å². The lowest BCUT2D eigenvalue weighted by molar-refractivity contribution is 0.277. The van der Waals surface area contributed by atoms with Crippen molar-refractivity contribution < 1.29 is 5.11 Å². The minimum atomic E-state index is -0.0442. The second-order valence-electron chi connectivity index (χ2n) is 2.75. The first kappa shape index (κ1) is 9.36. The van der Waals surface area contributed by atoms with E-state index in [2.05, 4.69) is 30.9 Å². The van der Waals surface area contributed by atoms with Crippen LogP contribution in [-0.4, -0.2) is 20.1 Å². The molecule has 2 aromatic heterocycles. The van der Waals surface area contributed by atoms with Gasteiger partial charge in [0.1, 0.15) is 5.69 Å². The third-order valence-electron chi connectivity index (χ3n) is 1.78. The van der Waals surface area contributed by atoms with Crippen LogP contribution in [0.15, 0.2) is 29.0 Å². The zero-order chi connectivity index (χ0) is 9.97. The average molecular weight is 254 g/mol. The van der Waals surface area contributed by atoms with Crippen molar-refractivity contribution in [2.45, 2.75) is 6.61 Å². The Morgan fingerprint density at radius 1 is 1.43 bits per heavy atom. The molecule has 0 fully saturated rings. The van der Waals surface area contributed by atoms with Crippen molar-refractivity contribution in [1.82, 2.24) is 15.0 Å². The zero-order valence-electron chi connectivity index (χ0n) is 7.24. The number of rotatable bonds is 2. The molecule has 2 rings (SSSR count). The van der Waals surface area contributed by atoms with Gasteiger partial charge in [-0.25, -0.2) is 4.98 Å². The Morgan fingerprint density at radius 3 is 2.93 bits per heavy atom. The maximum atomic E-state index is 8.86. The number of aliphatic hydroxyl groups is 1. The van der Waals surface area contributed by atoms with E-state index >= 15 is 0 Å². The average Bonchev–Trinajstić information content (AvgIpc) is 2.67. The van der Waals surface area contributed by atoms with Gasteiger partial charge < -0.3 is 10.1 Å². The largest absolute Gasteiger partial charge is 0.390 e. The van der Waals surface area contributed by atoms with Crippen molar-refractivity contribution in [2.24, 2.45) is 0 Å². The number of aromatic nitrogens is 3. The predicted octanol–water partition coefficient (Wildman–Crippen LogP) is 1.73. The number of aliphatic hydroxyl groups excluding tert-OH is 1. The summed E-state index contributed by atoms with van der Waals surface area (Å²) in [4.78, 5) is 11.3. The molecule has 14 heavy (non-hydrogen) atoms. The minimum Gasteiger partial charge on any atom is -0.390 e. The van der Waals surface area contributed by atoms with E-state index in [1.165, 1.54) is 0 Å². The predicted molar refractivity (Wildman–Crippen MR) is 55.4 cm³/mol. The lowest BCUT2D eigenvalue weighted by atomic mass is 10.3. The highest BCUT2D eigenvalue weighted by molar-refractivity contribution is 9.10. The first-order valence-corrected chi connectivity index (χ1v) is 4.86. The number of nitrogens with zero attached hydrogens (tertiary/aromatic N) is 2. The molecule has 0 amide bonds. The van der Waals surface area contributed by atoms with E-state index in [0.29, 0.717) is 11.5 Å². The van der Waals surface area contributed by atoms with E-state index in [0.717, 1.165) is 10.2 Å². The van der Waals surface area contributed by atoms with Crippen molar-refractivity contribution in [2.75, 3.05) is 0 Å². The van der Waals surface area contributed by atoms with Crippen LogP contribution in [0, 0.1) is 0 Å². The van der Waals surface area contributed by atoms with Crippen LogP contribution in [0.3, 0.4) is 0 Å². The molecule has 4 nitrogen and oxygen atoms in total. The van der Waals surface area contributed by atoms with Crippen LogP contribution in [0.25, 0.3) is 11.5 Å². The minimum absolute atomic E-state index is 0.0442. The molecule has 5 heteroatoms. The van der Waals surface area contributed by atoms with E-state index in [1.807, 2.05) is 12.1 Å².